The quantitative estimate of drug-likeness (QED) is 0.523. The van der Waals surface area contributed by atoms with Crippen molar-refractivity contribution in [2.24, 2.45) is 0 Å². The lowest BCUT2D eigenvalue weighted by atomic mass is 10.0. The maximum Gasteiger partial charge on any atom is 0.0998 e. The normalized spacial score (nSPS) is 11.0. The first-order chi connectivity index (χ1) is 9.61. The summed E-state index contributed by atoms with van der Waals surface area (Å²) < 4.78 is 0. The Labute approximate surface area is 121 Å². The van der Waals surface area contributed by atoms with Crippen LogP contribution in [0, 0.1) is 16.5 Å². The Bertz CT molecular complexity index is 673. The number of para-hydroxylation sites is 1. The molecular formula is C15H10ClN2O2-. The van der Waals surface area contributed by atoms with Crippen LogP contribution in [0.15, 0.2) is 48.5 Å². The molecule has 2 aromatic rings. The standard InChI is InChI=1S/C15H10ClN2O2/c16-13-7-5-11(6-8-13)9-12(10-17)14-3-1-2-4-15(14)18(19)20/h1-9,19H/q-1/b12-9-. The zero-order chi connectivity index (χ0) is 14.5. The van der Waals surface area contributed by atoms with E-state index in [-0.39, 0.29) is 16.5 Å². The van der Waals surface area contributed by atoms with Crippen molar-refractivity contribution in [3.63, 3.8) is 0 Å². The first-order valence-corrected chi connectivity index (χ1v) is 6.12. The molecule has 0 unspecified atom stereocenters. The smallest absolute Gasteiger partial charge is 0.0998 e. The Morgan fingerprint density at radius 3 is 2.45 bits per heavy atom. The van der Waals surface area contributed by atoms with E-state index in [2.05, 4.69) is 0 Å². The van der Waals surface area contributed by atoms with E-state index in [0.717, 1.165) is 5.56 Å². The zero-order valence-corrected chi connectivity index (χ0v) is 11.1. The van der Waals surface area contributed by atoms with Gasteiger partial charge in [0.25, 0.3) is 0 Å². The van der Waals surface area contributed by atoms with Gasteiger partial charge in [-0.1, -0.05) is 41.9 Å². The van der Waals surface area contributed by atoms with Gasteiger partial charge in [-0.15, -0.1) is 0 Å². The molecule has 1 N–H and O–H groups in total. The van der Waals surface area contributed by atoms with Gasteiger partial charge >= 0.3 is 0 Å². The fraction of sp³-hybridized carbons (Fsp3) is 0. The highest BCUT2D eigenvalue weighted by molar-refractivity contribution is 6.30. The molecule has 0 amide bonds. The van der Waals surface area contributed by atoms with E-state index in [4.69, 9.17) is 16.8 Å². The Balaban J connectivity index is 2.48. The molecule has 0 aromatic heterocycles. The number of halogens is 1. The maximum absolute atomic E-state index is 11.1. The van der Waals surface area contributed by atoms with Gasteiger partial charge in [0, 0.05) is 10.6 Å². The van der Waals surface area contributed by atoms with Gasteiger partial charge in [0.2, 0.25) is 0 Å². The molecule has 0 radical (unpaired) electrons. The number of nitriles is 1. The molecule has 100 valence electrons. The molecule has 0 aliphatic carbocycles. The van der Waals surface area contributed by atoms with E-state index >= 15 is 0 Å². The van der Waals surface area contributed by atoms with Crippen molar-refractivity contribution in [1.82, 2.24) is 0 Å². The van der Waals surface area contributed by atoms with Crippen molar-refractivity contribution < 1.29 is 5.21 Å². The third kappa shape index (κ3) is 3.16. The number of anilines is 1. The third-order valence-corrected chi connectivity index (χ3v) is 2.95. The minimum absolute atomic E-state index is 0.0225. The van der Waals surface area contributed by atoms with Crippen LogP contribution in [0.1, 0.15) is 11.1 Å². The molecule has 0 bridgehead atoms. The Kier molecular flexibility index (Phi) is 4.38. The number of allylic oxidation sites excluding steroid dienone is 1. The summed E-state index contributed by atoms with van der Waals surface area (Å²) >= 11 is 5.80. The second-order valence-electron chi connectivity index (χ2n) is 4.01. The number of nitrogens with zero attached hydrogens (tertiary/aromatic N) is 2. The minimum atomic E-state index is -0.248. The molecule has 0 saturated heterocycles. The molecule has 4 nitrogen and oxygen atoms in total. The highest BCUT2D eigenvalue weighted by atomic mass is 35.5. The lowest BCUT2D eigenvalue weighted by Crippen LogP contribution is -2.09. The van der Waals surface area contributed by atoms with Crippen LogP contribution >= 0.6 is 11.6 Å². The molecule has 0 aliphatic rings. The minimum Gasteiger partial charge on any atom is -0.733 e. The topological polar surface area (TPSA) is 70.3 Å². The van der Waals surface area contributed by atoms with Gasteiger partial charge in [-0.05, 0) is 29.8 Å². The third-order valence-electron chi connectivity index (χ3n) is 2.70. The molecule has 0 spiro atoms. The van der Waals surface area contributed by atoms with E-state index in [0.29, 0.717) is 10.6 Å². The summed E-state index contributed by atoms with van der Waals surface area (Å²) in [5.41, 5.74) is 1.44. The lowest BCUT2D eigenvalue weighted by molar-refractivity contribution is 0.296. The van der Waals surface area contributed by atoms with Crippen molar-refractivity contribution in [3.05, 3.63) is 69.9 Å². The fourth-order valence-electron chi connectivity index (χ4n) is 1.76. The SMILES string of the molecule is N#C/C(=C/c1ccc(Cl)cc1)c1ccccc1N([O-])O. The Morgan fingerprint density at radius 1 is 1.20 bits per heavy atom. The van der Waals surface area contributed by atoms with Crippen LogP contribution in [-0.2, 0) is 0 Å². The van der Waals surface area contributed by atoms with Crippen LogP contribution in [0.5, 0.6) is 0 Å². The van der Waals surface area contributed by atoms with Crippen LogP contribution in [-0.4, -0.2) is 5.21 Å². The van der Waals surface area contributed by atoms with Crippen LogP contribution in [0.25, 0.3) is 11.6 Å². The van der Waals surface area contributed by atoms with Crippen LogP contribution in [0.2, 0.25) is 5.02 Å². The molecule has 20 heavy (non-hydrogen) atoms. The summed E-state index contributed by atoms with van der Waals surface area (Å²) in [7, 11) is 0. The number of hydrogen-bond acceptors (Lipinski definition) is 4. The maximum atomic E-state index is 11.1. The van der Waals surface area contributed by atoms with Crippen molar-refractivity contribution in [2.45, 2.75) is 0 Å². The molecule has 0 heterocycles. The molecule has 2 rings (SSSR count). The Morgan fingerprint density at radius 2 is 1.85 bits per heavy atom. The van der Waals surface area contributed by atoms with Crippen molar-refractivity contribution in [2.75, 3.05) is 5.23 Å². The summed E-state index contributed by atoms with van der Waals surface area (Å²) in [6, 6.07) is 15.3. The largest absolute Gasteiger partial charge is 0.733 e. The second-order valence-corrected chi connectivity index (χ2v) is 4.45. The van der Waals surface area contributed by atoms with Crippen LogP contribution in [0.4, 0.5) is 5.69 Å². The van der Waals surface area contributed by atoms with E-state index in [1.807, 2.05) is 6.07 Å². The summed E-state index contributed by atoms with van der Waals surface area (Å²) in [6.45, 7) is 0. The molecule has 0 aliphatic heterocycles. The predicted octanol–water partition coefficient (Wildman–Crippen LogP) is 4.10. The summed E-state index contributed by atoms with van der Waals surface area (Å²) in [6.07, 6.45) is 1.62. The van der Waals surface area contributed by atoms with Crippen molar-refractivity contribution in [1.29, 1.82) is 5.26 Å². The highest BCUT2D eigenvalue weighted by Crippen LogP contribution is 2.27. The van der Waals surface area contributed by atoms with Gasteiger partial charge in [-0.3, -0.25) is 5.21 Å². The highest BCUT2D eigenvalue weighted by Gasteiger charge is 2.07. The van der Waals surface area contributed by atoms with Gasteiger partial charge in [0.05, 0.1) is 17.3 Å². The molecule has 5 heteroatoms. The van der Waals surface area contributed by atoms with Crippen molar-refractivity contribution >= 4 is 28.9 Å². The first-order valence-electron chi connectivity index (χ1n) is 5.74. The molecule has 0 fully saturated rings. The van der Waals surface area contributed by atoms with Crippen LogP contribution in [0.3, 0.4) is 0 Å². The van der Waals surface area contributed by atoms with Gasteiger partial charge in [-0.25, -0.2) is 0 Å². The van der Waals surface area contributed by atoms with Crippen molar-refractivity contribution in [3.8, 4) is 6.07 Å². The van der Waals surface area contributed by atoms with E-state index in [1.54, 1.807) is 48.5 Å². The number of hydrogen-bond donors (Lipinski definition) is 1. The predicted molar refractivity (Wildman–Crippen MR) is 79.0 cm³/mol. The monoisotopic (exact) mass is 285 g/mol. The first kappa shape index (κ1) is 14.1. The summed E-state index contributed by atoms with van der Waals surface area (Å²) in [4.78, 5) is 0. The second kappa shape index (κ2) is 6.22. The zero-order valence-electron chi connectivity index (χ0n) is 10.3. The van der Waals surface area contributed by atoms with E-state index in [9.17, 15) is 10.5 Å². The van der Waals surface area contributed by atoms with Crippen LogP contribution < -0.4 is 5.23 Å². The fourth-order valence-corrected chi connectivity index (χ4v) is 1.89. The molecule has 2 aromatic carbocycles. The van der Waals surface area contributed by atoms with Gasteiger partial charge in [0.15, 0.2) is 0 Å². The van der Waals surface area contributed by atoms with Gasteiger partial charge in [0.1, 0.15) is 0 Å². The average Bonchev–Trinajstić information content (AvgIpc) is 2.46. The lowest BCUT2D eigenvalue weighted by Gasteiger charge is -2.24. The van der Waals surface area contributed by atoms with Gasteiger partial charge in [-0.2, -0.15) is 5.26 Å². The van der Waals surface area contributed by atoms with Gasteiger partial charge < -0.3 is 10.4 Å². The number of benzene rings is 2. The number of rotatable bonds is 3. The summed E-state index contributed by atoms with van der Waals surface area (Å²) in [5, 5.41) is 29.8. The summed E-state index contributed by atoms with van der Waals surface area (Å²) in [5.74, 6) is 0. The van der Waals surface area contributed by atoms with E-state index < -0.39 is 0 Å². The average molecular weight is 286 g/mol. The molecule has 0 saturated carbocycles. The Hall–Kier alpha value is -2.32. The van der Waals surface area contributed by atoms with E-state index in [1.165, 1.54) is 6.07 Å². The molecule has 0 atom stereocenters. The molecular weight excluding hydrogens is 276 g/mol.